The van der Waals surface area contributed by atoms with E-state index >= 15 is 0 Å². The average molecular weight is 1290 g/mol. The van der Waals surface area contributed by atoms with Gasteiger partial charge in [-0.2, -0.15) is 0 Å². The van der Waals surface area contributed by atoms with Gasteiger partial charge in [-0.25, -0.2) is 0 Å². The smallest absolute Gasteiger partial charge is 0.522 e. The molecule has 0 atom stereocenters. The van der Waals surface area contributed by atoms with Crippen LogP contribution in [-0.4, -0.2) is 228 Å². The summed E-state index contributed by atoms with van der Waals surface area (Å²) < 4.78 is 355. The van der Waals surface area contributed by atoms with Crippen LogP contribution in [0.15, 0.2) is 0 Å². The molecule has 296 valence electrons. The minimum Gasteiger partial charge on any atom is -0.522 e. The Kier molecular flexibility index (Phi) is 27.1. The van der Waals surface area contributed by atoms with Crippen LogP contribution in [-0.2, 0) is 134 Å². The Balaban J connectivity index is 5.72. The summed E-state index contributed by atoms with van der Waals surface area (Å²) in [7, 11) is -121. The molecule has 0 unspecified atom stereocenters. The van der Waals surface area contributed by atoms with Crippen molar-refractivity contribution in [3.05, 3.63) is 0 Å². The average Bonchev–Trinajstić information content (AvgIpc) is 3.24. The molecule has 2 radical (unpaired) electrons. The van der Waals surface area contributed by atoms with Gasteiger partial charge in [0.05, 0.1) is 0 Å². The highest BCUT2D eigenvalue weighted by molar-refractivity contribution is 7.81. The lowest BCUT2D eigenvalue weighted by Gasteiger charge is -1.96. The Morgan fingerprint density at radius 3 is 0.441 bits per heavy atom. The molecule has 0 N–H and O–H groups in total. The summed E-state index contributed by atoms with van der Waals surface area (Å²) in [4.78, 5) is 0. The topological polar surface area (TPSA) is 504 Å². The summed E-state index contributed by atoms with van der Waals surface area (Å²) >= 11 is 0. The zero-order chi connectivity index (χ0) is 46.7. The lowest BCUT2D eigenvalue weighted by atomic mass is 15.8. The van der Waals surface area contributed by atoms with Crippen LogP contribution in [0.25, 0.3) is 0 Å². The Morgan fingerprint density at radius 2 is 0.305 bits per heavy atom. The molecule has 0 saturated heterocycles. The molecule has 59 heteroatoms. The van der Waals surface area contributed by atoms with Crippen molar-refractivity contribution < 1.29 is 134 Å². The van der Waals surface area contributed by atoms with Crippen molar-refractivity contribution in [2.24, 2.45) is 0 Å². The van der Waals surface area contributed by atoms with Gasteiger partial charge in [-0.05, 0) is 0 Å². The van der Waals surface area contributed by atoms with Gasteiger partial charge in [0.25, 0.3) is 0 Å². The second-order valence-electron chi connectivity index (χ2n) is 9.11. The van der Waals surface area contributed by atoms with E-state index in [9.17, 15) is 129 Å². The molecule has 0 bridgehead atoms. The van der Waals surface area contributed by atoms with Crippen molar-refractivity contribution in [1.29, 1.82) is 0 Å². The summed E-state index contributed by atoms with van der Waals surface area (Å²) in [6.45, 7) is 0. The minimum absolute atomic E-state index is 1.76. The van der Waals surface area contributed by atoms with Crippen molar-refractivity contribution in [3.63, 3.8) is 0 Å². The summed E-state index contributed by atoms with van der Waals surface area (Å²) in [6, 6.07) is 0. The molecule has 0 saturated carbocycles. The minimum atomic E-state index is -4.65. The molecule has 0 aromatic rings. The highest BCUT2D eigenvalue weighted by Crippen LogP contribution is 1.90. The fourth-order valence-corrected chi connectivity index (χ4v) is 282. The number of hydrogen-bond acceptors (Lipinski definition) is 30. The lowest BCUT2D eigenvalue weighted by molar-refractivity contribution is 0.430. The van der Waals surface area contributed by atoms with Gasteiger partial charge in [0.2, 0.25) is 0 Å². The Hall–Kier alpha value is 0.290. The van der Waals surface area contributed by atoms with Crippen molar-refractivity contribution in [2.75, 3.05) is 0 Å². The number of hydrogen-bond donors (Lipinski definition) is 0. The molecular weight excluding hydrogens is 1290 g/mol. The maximum Gasteiger partial charge on any atom is 0.539 e. The lowest BCUT2D eigenvalue weighted by Crippen LogP contribution is -2.56. The van der Waals surface area contributed by atoms with Gasteiger partial charge in [-0.1, -0.05) is 0 Å². The first-order valence-corrected chi connectivity index (χ1v) is 79.7. The van der Waals surface area contributed by atoms with Gasteiger partial charge in [0.1, 0.15) is 0 Å². The van der Waals surface area contributed by atoms with Crippen molar-refractivity contribution in [1.82, 2.24) is 0 Å². The molecule has 0 aliphatic carbocycles. The quantitative estimate of drug-likeness (QED) is 0.0628. The van der Waals surface area contributed by atoms with Crippen LogP contribution in [0.3, 0.4) is 0 Å². The molecule has 0 fully saturated rings. The first kappa shape index (κ1) is 59.3. The first-order chi connectivity index (χ1) is 27.0. The largest absolute Gasteiger partial charge is 0.539 e. The predicted octanol–water partition coefficient (Wildman–Crippen LogP) is -14.6. The fourth-order valence-electron chi connectivity index (χ4n) is 2.62. The van der Waals surface area contributed by atoms with E-state index in [0.29, 0.717) is 0 Å². The molecule has 0 amide bonds. The van der Waals surface area contributed by atoms with Crippen LogP contribution >= 0.6 is 0 Å². The van der Waals surface area contributed by atoms with E-state index in [0.717, 1.165) is 0 Å². The van der Waals surface area contributed by atoms with Crippen LogP contribution in [0.5, 0.6) is 0 Å². The van der Waals surface area contributed by atoms with Crippen molar-refractivity contribution in [3.8, 4) is 0 Å². The third-order valence-electron chi connectivity index (χ3n) is 5.48. The number of rotatable bonds is 29. The molecule has 0 aromatic carbocycles. The molecule has 30 nitrogen and oxygen atoms in total. The highest BCUT2D eigenvalue weighted by Gasteiger charge is 2.57. The van der Waals surface area contributed by atoms with E-state index in [1.165, 1.54) is 0 Å². The summed E-state index contributed by atoms with van der Waals surface area (Å²) in [5, 5.41) is 0. The monoisotopic (exact) mass is 1290 g/mol. The Morgan fingerprint density at radius 1 is 0.186 bits per heavy atom. The first-order valence-electron chi connectivity index (χ1n) is 13.1. The van der Waals surface area contributed by atoms with E-state index in [4.69, 9.17) is 0 Å². The van der Waals surface area contributed by atoms with Crippen molar-refractivity contribution in [2.45, 2.75) is 0 Å². The Labute approximate surface area is 357 Å². The molecule has 59 heavy (non-hydrogen) atoms. The standard InChI is InChI=1S/O30Si29/c1-31-35(5)39(9)43(13)47(17)51(21)55(25)57(27)53(23)49(19)45(15)41(11)37(7)33(3)30-34(4)38(8)42(12)46(16)50(20)54(24)58(28)59(29)56(26)52(22)48(18)44(14)40(10)36(6)32-2. The highest BCUT2D eigenvalue weighted by atomic mass is 30.1. The maximum absolute atomic E-state index is 12.5. The maximum atomic E-state index is 12.5. The van der Waals surface area contributed by atoms with E-state index < -0.39 is 228 Å². The molecular formula is O30Si29. The second kappa shape index (κ2) is 26.9. The fraction of sp³-hybridized carbons (Fsp3) is 0. The second-order valence-corrected chi connectivity index (χ2v) is 137. The van der Waals surface area contributed by atoms with Crippen molar-refractivity contribution >= 4 is 228 Å². The van der Waals surface area contributed by atoms with E-state index in [1.54, 1.807) is 0 Å². The van der Waals surface area contributed by atoms with Crippen LogP contribution in [0.4, 0.5) is 0 Å². The van der Waals surface area contributed by atoms with E-state index in [-0.39, 0.29) is 0 Å². The summed E-state index contributed by atoms with van der Waals surface area (Å²) in [6.07, 6.45) is 0. The zero-order valence-corrected chi connectivity index (χ0v) is 55.7. The third kappa shape index (κ3) is 15.7. The van der Waals surface area contributed by atoms with Crippen LogP contribution in [0.2, 0.25) is 0 Å². The van der Waals surface area contributed by atoms with E-state index in [1.807, 2.05) is 0 Å². The van der Waals surface area contributed by atoms with Crippen LogP contribution in [0.1, 0.15) is 0 Å². The molecule has 0 spiro atoms. The van der Waals surface area contributed by atoms with E-state index in [2.05, 4.69) is 4.12 Å². The molecule has 0 rings (SSSR count). The third-order valence-corrected chi connectivity index (χ3v) is 202. The van der Waals surface area contributed by atoms with Gasteiger partial charge in [0, 0.05) is 0 Å². The van der Waals surface area contributed by atoms with Gasteiger partial charge >= 0.3 is 228 Å². The summed E-state index contributed by atoms with van der Waals surface area (Å²) in [5.74, 6) is 0. The van der Waals surface area contributed by atoms with Gasteiger partial charge < -0.3 is 134 Å². The van der Waals surface area contributed by atoms with Crippen LogP contribution < -0.4 is 0 Å². The van der Waals surface area contributed by atoms with Gasteiger partial charge in [0.15, 0.2) is 0 Å². The molecule has 0 heterocycles. The zero-order valence-electron chi connectivity index (χ0n) is 26.7. The molecule has 0 aliphatic rings. The Bertz CT molecular complexity index is 2450. The molecule has 0 aliphatic heterocycles. The summed E-state index contributed by atoms with van der Waals surface area (Å²) in [5.41, 5.74) is 0. The predicted molar refractivity (Wildman–Crippen MR) is 188 cm³/mol. The van der Waals surface area contributed by atoms with Gasteiger partial charge in [-0.3, -0.25) is 0 Å². The molecule has 0 aromatic heterocycles. The van der Waals surface area contributed by atoms with Gasteiger partial charge in [-0.15, -0.1) is 0 Å². The SMILES string of the molecule is O=[Si][Si](=O)[Si](=O)[Si](=O)[Si](=O)[Si](=O)[Si](=O)[Si](=O)[Si](=O)[Si](=O)[Si](=O)[Si](=O)[Si](=O)[Si](=O)O[Si](=O)[Si](=O)[Si](=O)[Si](=O)[Si](=O)[Si](=O)[Si](=O)[Si](=O)[Si](=O)[Si](=O)[Si](=O)[Si](=O)[Si](=O)[Si](=O)[Si]=O. The van der Waals surface area contributed by atoms with Crippen LogP contribution in [0, 0.1) is 0 Å². The normalized spacial score (nSPS) is 9.63.